The Balaban J connectivity index is 1.95. The molecule has 3 atom stereocenters. The number of likely N-dealkylation sites (tertiary alicyclic amines) is 1. The molecule has 2 nitrogen and oxygen atoms in total. The summed E-state index contributed by atoms with van der Waals surface area (Å²) in [5, 5.41) is 10.5. The lowest BCUT2D eigenvalue weighted by molar-refractivity contribution is -0.0337. The summed E-state index contributed by atoms with van der Waals surface area (Å²) in [7, 11) is 0. The standard InChI is InChI=1S/C19H37NO/c1-6-19(4,5)16-7-8-18(21)17(13-16)20-11-9-15(10-12-20)14(2)3/h14-18,21H,6-13H2,1-5H3. The number of nitrogens with zero attached hydrogens (tertiary/aromatic N) is 1. The molecule has 1 aliphatic carbocycles. The van der Waals surface area contributed by atoms with E-state index >= 15 is 0 Å². The molecule has 124 valence electrons. The van der Waals surface area contributed by atoms with E-state index in [0.717, 1.165) is 24.2 Å². The monoisotopic (exact) mass is 295 g/mol. The lowest BCUT2D eigenvalue weighted by atomic mass is 9.67. The number of rotatable bonds is 4. The normalized spacial score (nSPS) is 33.6. The van der Waals surface area contributed by atoms with Gasteiger partial charge in [-0.2, -0.15) is 0 Å². The van der Waals surface area contributed by atoms with Crippen LogP contribution in [0.2, 0.25) is 0 Å². The van der Waals surface area contributed by atoms with Gasteiger partial charge in [0.15, 0.2) is 0 Å². The zero-order valence-electron chi connectivity index (χ0n) is 14.9. The van der Waals surface area contributed by atoms with E-state index in [9.17, 15) is 5.11 Å². The molecule has 2 fully saturated rings. The second-order valence-electron chi connectivity index (χ2n) is 8.60. The maximum atomic E-state index is 10.5. The van der Waals surface area contributed by atoms with Crippen LogP contribution in [-0.2, 0) is 0 Å². The van der Waals surface area contributed by atoms with Crippen molar-refractivity contribution in [1.82, 2.24) is 4.90 Å². The molecule has 2 rings (SSSR count). The highest BCUT2D eigenvalue weighted by atomic mass is 16.3. The van der Waals surface area contributed by atoms with Gasteiger partial charge >= 0.3 is 0 Å². The molecular formula is C19H37NO. The van der Waals surface area contributed by atoms with Crippen molar-refractivity contribution in [1.29, 1.82) is 0 Å². The highest BCUT2D eigenvalue weighted by molar-refractivity contribution is 4.93. The van der Waals surface area contributed by atoms with Crippen LogP contribution >= 0.6 is 0 Å². The van der Waals surface area contributed by atoms with Crippen molar-refractivity contribution in [3.05, 3.63) is 0 Å². The first kappa shape index (κ1) is 17.3. The minimum absolute atomic E-state index is 0.0930. The van der Waals surface area contributed by atoms with Gasteiger partial charge in [-0.1, -0.05) is 41.0 Å². The quantitative estimate of drug-likeness (QED) is 0.835. The molecular weight excluding hydrogens is 258 g/mol. The van der Waals surface area contributed by atoms with Gasteiger partial charge in [0, 0.05) is 6.04 Å². The number of hydrogen-bond acceptors (Lipinski definition) is 2. The Morgan fingerprint density at radius 1 is 1.10 bits per heavy atom. The minimum Gasteiger partial charge on any atom is -0.391 e. The summed E-state index contributed by atoms with van der Waals surface area (Å²) in [5.41, 5.74) is 0.425. The van der Waals surface area contributed by atoms with Gasteiger partial charge in [-0.25, -0.2) is 0 Å². The van der Waals surface area contributed by atoms with Gasteiger partial charge in [0.2, 0.25) is 0 Å². The number of aliphatic hydroxyl groups excluding tert-OH is 1. The lowest BCUT2D eigenvalue weighted by Gasteiger charge is -2.47. The Morgan fingerprint density at radius 2 is 1.71 bits per heavy atom. The maximum Gasteiger partial charge on any atom is 0.0695 e. The molecule has 0 aromatic rings. The molecule has 1 N–H and O–H groups in total. The van der Waals surface area contributed by atoms with Crippen LogP contribution in [-0.4, -0.2) is 35.2 Å². The van der Waals surface area contributed by atoms with Crippen LogP contribution < -0.4 is 0 Å². The summed E-state index contributed by atoms with van der Waals surface area (Å²) in [6.07, 6.45) is 7.21. The van der Waals surface area contributed by atoms with E-state index in [1.807, 2.05) is 0 Å². The van der Waals surface area contributed by atoms with Gasteiger partial charge in [-0.15, -0.1) is 0 Å². The molecule has 1 saturated heterocycles. The van der Waals surface area contributed by atoms with Crippen LogP contribution in [0.5, 0.6) is 0 Å². The van der Waals surface area contributed by atoms with E-state index in [1.54, 1.807) is 0 Å². The fraction of sp³-hybridized carbons (Fsp3) is 1.00. The molecule has 21 heavy (non-hydrogen) atoms. The largest absolute Gasteiger partial charge is 0.391 e. The van der Waals surface area contributed by atoms with Gasteiger partial charge in [-0.05, 0) is 68.4 Å². The first-order valence-corrected chi connectivity index (χ1v) is 9.27. The summed E-state index contributed by atoms with van der Waals surface area (Å²) in [6, 6.07) is 0.419. The van der Waals surface area contributed by atoms with E-state index in [-0.39, 0.29) is 6.10 Å². The summed E-state index contributed by atoms with van der Waals surface area (Å²) in [6.45, 7) is 14.3. The van der Waals surface area contributed by atoms with E-state index in [2.05, 4.69) is 39.5 Å². The second-order valence-corrected chi connectivity index (χ2v) is 8.60. The fourth-order valence-corrected chi connectivity index (χ4v) is 4.44. The zero-order valence-corrected chi connectivity index (χ0v) is 14.9. The predicted octanol–water partition coefficient (Wildman–Crippen LogP) is 4.32. The Kier molecular flexibility index (Phi) is 5.76. The molecule has 2 aliphatic rings. The third kappa shape index (κ3) is 4.01. The van der Waals surface area contributed by atoms with E-state index in [4.69, 9.17) is 0 Å². The third-order valence-corrected chi connectivity index (χ3v) is 6.78. The van der Waals surface area contributed by atoms with Crippen LogP contribution in [0.25, 0.3) is 0 Å². The van der Waals surface area contributed by atoms with Crippen molar-refractivity contribution in [2.24, 2.45) is 23.2 Å². The number of aliphatic hydroxyl groups is 1. The molecule has 1 heterocycles. The first-order chi connectivity index (χ1) is 9.85. The highest BCUT2D eigenvalue weighted by Gasteiger charge is 2.39. The van der Waals surface area contributed by atoms with Crippen LogP contribution in [0.3, 0.4) is 0 Å². The molecule has 0 spiro atoms. The summed E-state index contributed by atoms with van der Waals surface area (Å²) >= 11 is 0. The van der Waals surface area contributed by atoms with Crippen LogP contribution in [0.15, 0.2) is 0 Å². The molecule has 0 bridgehead atoms. The third-order valence-electron chi connectivity index (χ3n) is 6.78. The summed E-state index contributed by atoms with van der Waals surface area (Å²) in [5.74, 6) is 2.48. The van der Waals surface area contributed by atoms with Crippen LogP contribution in [0.1, 0.15) is 73.1 Å². The molecule has 0 aromatic carbocycles. The molecule has 1 saturated carbocycles. The SMILES string of the molecule is CCC(C)(C)C1CCC(O)C(N2CCC(C(C)C)CC2)C1. The van der Waals surface area contributed by atoms with E-state index in [1.165, 1.54) is 45.2 Å². The lowest BCUT2D eigenvalue weighted by Crippen LogP contribution is -2.52. The number of hydrogen-bond donors (Lipinski definition) is 1. The van der Waals surface area contributed by atoms with Crippen molar-refractivity contribution in [2.45, 2.75) is 85.3 Å². The smallest absolute Gasteiger partial charge is 0.0695 e. The first-order valence-electron chi connectivity index (χ1n) is 9.27. The van der Waals surface area contributed by atoms with Crippen LogP contribution in [0.4, 0.5) is 0 Å². The molecule has 3 unspecified atom stereocenters. The average Bonchev–Trinajstić information content (AvgIpc) is 2.47. The summed E-state index contributed by atoms with van der Waals surface area (Å²) < 4.78 is 0. The molecule has 2 heteroatoms. The van der Waals surface area contributed by atoms with E-state index in [0.29, 0.717) is 11.5 Å². The van der Waals surface area contributed by atoms with Gasteiger partial charge in [0.25, 0.3) is 0 Å². The van der Waals surface area contributed by atoms with Crippen molar-refractivity contribution in [3.8, 4) is 0 Å². The Morgan fingerprint density at radius 3 is 2.24 bits per heavy atom. The Labute approximate surface area is 132 Å². The average molecular weight is 296 g/mol. The van der Waals surface area contributed by atoms with Gasteiger partial charge in [-0.3, -0.25) is 4.90 Å². The highest BCUT2D eigenvalue weighted by Crippen LogP contribution is 2.42. The van der Waals surface area contributed by atoms with Crippen molar-refractivity contribution >= 4 is 0 Å². The summed E-state index contributed by atoms with van der Waals surface area (Å²) in [4.78, 5) is 2.61. The fourth-order valence-electron chi connectivity index (χ4n) is 4.44. The minimum atomic E-state index is -0.0930. The van der Waals surface area contributed by atoms with Crippen LogP contribution in [0, 0.1) is 23.2 Å². The van der Waals surface area contributed by atoms with Crippen molar-refractivity contribution < 1.29 is 5.11 Å². The van der Waals surface area contributed by atoms with E-state index < -0.39 is 0 Å². The second kappa shape index (κ2) is 7.00. The molecule has 0 aromatic heterocycles. The molecule has 1 aliphatic heterocycles. The maximum absolute atomic E-state index is 10.5. The molecule has 0 radical (unpaired) electrons. The van der Waals surface area contributed by atoms with Crippen molar-refractivity contribution in [3.63, 3.8) is 0 Å². The predicted molar refractivity (Wildman–Crippen MR) is 90.3 cm³/mol. The van der Waals surface area contributed by atoms with Gasteiger partial charge in [0.05, 0.1) is 6.10 Å². The van der Waals surface area contributed by atoms with Gasteiger partial charge in [0.1, 0.15) is 0 Å². The topological polar surface area (TPSA) is 23.5 Å². The van der Waals surface area contributed by atoms with Gasteiger partial charge < -0.3 is 5.11 Å². The molecule has 0 amide bonds. The zero-order chi connectivity index (χ0) is 15.6. The number of piperidine rings is 1. The van der Waals surface area contributed by atoms with Crippen molar-refractivity contribution in [2.75, 3.05) is 13.1 Å². The Bertz CT molecular complexity index is 318. The Hall–Kier alpha value is -0.0800.